The van der Waals surface area contributed by atoms with Gasteiger partial charge in [-0.05, 0) is 51.5 Å². The van der Waals surface area contributed by atoms with Crippen LogP contribution >= 0.6 is 0 Å². The number of nitrogens with zero attached hydrogens (tertiary/aromatic N) is 1. The van der Waals surface area contributed by atoms with Crippen molar-refractivity contribution in [3.05, 3.63) is 76.8 Å². The Labute approximate surface area is 185 Å². The van der Waals surface area contributed by atoms with Crippen LogP contribution in [-0.4, -0.2) is 33.7 Å². The normalized spacial score (nSPS) is 23.1. The summed E-state index contributed by atoms with van der Waals surface area (Å²) >= 11 is 0. The van der Waals surface area contributed by atoms with Crippen LogP contribution in [-0.2, 0) is 20.7 Å². The maximum absolute atomic E-state index is 15.0. The number of carbonyl (C=O) groups excluding carboxylic acids is 1. The van der Waals surface area contributed by atoms with Gasteiger partial charge in [0.1, 0.15) is 0 Å². The van der Waals surface area contributed by atoms with Crippen LogP contribution in [0.2, 0.25) is 0 Å². The van der Waals surface area contributed by atoms with Gasteiger partial charge in [-0.15, -0.1) is 0 Å². The van der Waals surface area contributed by atoms with E-state index in [1.54, 1.807) is 52.1 Å². The Balaban J connectivity index is 2.24. The zero-order valence-corrected chi connectivity index (χ0v) is 18.4. The second kappa shape index (κ2) is 9.06. The summed E-state index contributed by atoms with van der Waals surface area (Å²) in [5.41, 5.74) is -0.432. The molecule has 0 spiro atoms. The van der Waals surface area contributed by atoms with Gasteiger partial charge < -0.3 is 15.2 Å². The van der Waals surface area contributed by atoms with Crippen molar-refractivity contribution in [3.63, 3.8) is 0 Å². The summed E-state index contributed by atoms with van der Waals surface area (Å²) in [7, 11) is 0. The highest BCUT2D eigenvalue weighted by Crippen LogP contribution is 2.46. The molecular formula is C24H26F2N2O4. The van der Waals surface area contributed by atoms with Crippen molar-refractivity contribution in [2.24, 2.45) is 5.92 Å². The number of carboxylic acids is 1. The minimum Gasteiger partial charge on any atom is -0.481 e. The molecule has 2 N–H and O–H groups in total. The lowest BCUT2D eigenvalue weighted by molar-refractivity contribution is -0.147. The Morgan fingerprint density at radius 3 is 2.53 bits per heavy atom. The Morgan fingerprint density at radius 1 is 1.22 bits per heavy atom. The van der Waals surface area contributed by atoms with E-state index in [0.29, 0.717) is 11.4 Å². The van der Waals surface area contributed by atoms with Gasteiger partial charge in [0.25, 0.3) is 0 Å². The molecule has 1 aromatic heterocycles. The van der Waals surface area contributed by atoms with Crippen LogP contribution < -0.4 is 5.32 Å². The van der Waals surface area contributed by atoms with E-state index >= 15 is 0 Å². The van der Waals surface area contributed by atoms with Gasteiger partial charge in [-0.25, -0.2) is 13.6 Å². The van der Waals surface area contributed by atoms with Gasteiger partial charge in [-0.3, -0.25) is 9.78 Å². The SMILES string of the molecule is CC1=C(C(=O)OC(C)C)C(c2cccc(F)c2F)C(C(=O)O)C(C)(Cc2ccccn2)N1. The number of allylic oxidation sites excluding steroid dienone is 1. The van der Waals surface area contributed by atoms with Crippen molar-refractivity contribution in [2.45, 2.75) is 51.7 Å². The number of aromatic nitrogens is 1. The first kappa shape index (κ1) is 23.4. The van der Waals surface area contributed by atoms with Gasteiger partial charge in [0.2, 0.25) is 0 Å². The Hall–Kier alpha value is -3.29. The highest BCUT2D eigenvalue weighted by Gasteiger charge is 2.52. The molecule has 0 bridgehead atoms. The number of hydrogen-bond donors (Lipinski definition) is 2. The summed E-state index contributed by atoms with van der Waals surface area (Å²) in [6, 6.07) is 8.83. The number of nitrogens with one attached hydrogen (secondary N) is 1. The van der Waals surface area contributed by atoms with Gasteiger partial charge in [0.05, 0.1) is 23.1 Å². The van der Waals surface area contributed by atoms with Gasteiger partial charge in [0, 0.05) is 29.9 Å². The average Bonchev–Trinajstić information content (AvgIpc) is 2.69. The van der Waals surface area contributed by atoms with E-state index in [0.717, 1.165) is 6.07 Å². The van der Waals surface area contributed by atoms with Crippen LogP contribution in [0.25, 0.3) is 0 Å². The molecule has 3 atom stereocenters. The molecule has 170 valence electrons. The van der Waals surface area contributed by atoms with Crippen LogP contribution in [0.5, 0.6) is 0 Å². The van der Waals surface area contributed by atoms with Crippen LogP contribution in [0, 0.1) is 17.6 Å². The van der Waals surface area contributed by atoms with Crippen molar-refractivity contribution < 1.29 is 28.2 Å². The molecule has 2 heterocycles. The predicted octanol–water partition coefficient (Wildman–Crippen LogP) is 3.97. The first-order valence-electron chi connectivity index (χ1n) is 10.3. The molecule has 0 fully saturated rings. The maximum atomic E-state index is 15.0. The first-order valence-corrected chi connectivity index (χ1v) is 10.3. The molecule has 1 aromatic carbocycles. The fraction of sp³-hybridized carbons (Fsp3) is 0.375. The highest BCUT2D eigenvalue weighted by molar-refractivity contribution is 5.93. The quantitative estimate of drug-likeness (QED) is 0.656. The van der Waals surface area contributed by atoms with E-state index < -0.39 is 47.1 Å². The van der Waals surface area contributed by atoms with E-state index in [1.807, 2.05) is 0 Å². The number of esters is 1. The zero-order chi connectivity index (χ0) is 23.6. The average molecular weight is 444 g/mol. The van der Waals surface area contributed by atoms with E-state index in [4.69, 9.17) is 4.74 Å². The lowest BCUT2D eigenvalue weighted by Crippen LogP contribution is -2.59. The summed E-state index contributed by atoms with van der Waals surface area (Å²) in [4.78, 5) is 29.9. The largest absolute Gasteiger partial charge is 0.481 e. The molecule has 3 unspecified atom stereocenters. The number of hydrogen-bond acceptors (Lipinski definition) is 5. The molecule has 2 aromatic rings. The smallest absolute Gasteiger partial charge is 0.336 e. The number of carbonyl (C=O) groups is 2. The number of ether oxygens (including phenoxy) is 1. The molecule has 1 aliphatic rings. The lowest BCUT2D eigenvalue weighted by atomic mass is 9.66. The molecular weight excluding hydrogens is 418 g/mol. The molecule has 0 saturated heterocycles. The topological polar surface area (TPSA) is 88.5 Å². The van der Waals surface area contributed by atoms with Gasteiger partial charge in [-0.2, -0.15) is 0 Å². The number of pyridine rings is 1. The van der Waals surface area contributed by atoms with Crippen LogP contribution in [0.4, 0.5) is 8.78 Å². The molecule has 6 nitrogen and oxygen atoms in total. The summed E-state index contributed by atoms with van der Waals surface area (Å²) in [6.07, 6.45) is 1.29. The molecule has 0 saturated carbocycles. The third-order valence-corrected chi connectivity index (χ3v) is 5.63. The maximum Gasteiger partial charge on any atom is 0.336 e. The Morgan fingerprint density at radius 2 is 1.94 bits per heavy atom. The lowest BCUT2D eigenvalue weighted by Gasteiger charge is -2.46. The molecule has 1 aliphatic heterocycles. The Kier molecular flexibility index (Phi) is 6.62. The second-order valence-electron chi connectivity index (χ2n) is 8.47. The molecule has 0 radical (unpaired) electrons. The summed E-state index contributed by atoms with van der Waals surface area (Å²) in [5, 5.41) is 13.4. The van der Waals surface area contributed by atoms with Gasteiger partial charge in [-0.1, -0.05) is 18.2 Å². The van der Waals surface area contributed by atoms with Gasteiger partial charge >= 0.3 is 11.9 Å². The highest BCUT2D eigenvalue weighted by atomic mass is 19.2. The first-order chi connectivity index (χ1) is 15.0. The molecule has 0 amide bonds. The fourth-order valence-electron chi connectivity index (χ4n) is 4.44. The second-order valence-corrected chi connectivity index (χ2v) is 8.47. The summed E-state index contributed by atoms with van der Waals surface area (Å²) < 4.78 is 34.4. The molecule has 32 heavy (non-hydrogen) atoms. The van der Waals surface area contributed by atoms with E-state index in [9.17, 15) is 23.5 Å². The zero-order valence-electron chi connectivity index (χ0n) is 18.4. The summed E-state index contributed by atoms with van der Waals surface area (Å²) in [6.45, 7) is 6.60. The van der Waals surface area contributed by atoms with Crippen LogP contribution in [0.15, 0.2) is 53.9 Å². The van der Waals surface area contributed by atoms with E-state index in [2.05, 4.69) is 10.3 Å². The number of aliphatic carboxylic acids is 1. The van der Waals surface area contributed by atoms with Crippen LogP contribution in [0.3, 0.4) is 0 Å². The monoisotopic (exact) mass is 444 g/mol. The summed E-state index contributed by atoms with van der Waals surface area (Å²) in [5.74, 6) is -6.93. The Bertz CT molecular complexity index is 1060. The molecule has 0 aliphatic carbocycles. The standard InChI is InChI=1S/C24H26F2N2O4/c1-13(2)32-23(31)18-14(3)28-24(4,12-15-8-5-6-11-27-15)20(22(29)30)19(18)16-9-7-10-17(25)21(16)26/h5-11,13,19-20,28H,12H2,1-4H3,(H,29,30). The number of rotatable bonds is 6. The van der Waals surface area contributed by atoms with Crippen molar-refractivity contribution in [1.29, 1.82) is 0 Å². The van der Waals surface area contributed by atoms with Crippen molar-refractivity contribution in [2.75, 3.05) is 0 Å². The van der Waals surface area contributed by atoms with E-state index in [1.165, 1.54) is 12.1 Å². The van der Waals surface area contributed by atoms with Gasteiger partial charge in [0.15, 0.2) is 11.6 Å². The number of halogens is 2. The van der Waals surface area contributed by atoms with Crippen LogP contribution in [0.1, 0.15) is 44.9 Å². The minimum absolute atomic E-state index is 0.0332. The fourth-order valence-corrected chi connectivity index (χ4v) is 4.44. The molecule has 8 heteroatoms. The van der Waals surface area contributed by atoms with E-state index in [-0.39, 0.29) is 17.6 Å². The van der Waals surface area contributed by atoms with Crippen molar-refractivity contribution in [1.82, 2.24) is 10.3 Å². The van der Waals surface area contributed by atoms with Crippen molar-refractivity contribution in [3.8, 4) is 0 Å². The van der Waals surface area contributed by atoms with Crippen molar-refractivity contribution >= 4 is 11.9 Å². The third-order valence-electron chi connectivity index (χ3n) is 5.63. The third kappa shape index (κ3) is 4.49. The number of benzene rings is 1. The predicted molar refractivity (Wildman–Crippen MR) is 114 cm³/mol. The molecule has 3 rings (SSSR count). The number of carboxylic acid groups (broad SMARTS) is 1. The minimum atomic E-state index is -1.32.